The molecule has 1 amide bonds. The molecule has 4 unspecified atom stereocenters. The van der Waals surface area contributed by atoms with Crippen LogP contribution in [0.1, 0.15) is 40.0 Å². The summed E-state index contributed by atoms with van der Waals surface area (Å²) in [7, 11) is 0. The van der Waals surface area contributed by atoms with Gasteiger partial charge in [-0.2, -0.15) is 0 Å². The fourth-order valence-electron chi connectivity index (χ4n) is 3.34. The number of nitrogens with zero attached hydrogens (tertiary/aromatic N) is 1. The topological polar surface area (TPSA) is 78.9 Å². The fourth-order valence-corrected chi connectivity index (χ4v) is 3.34. The van der Waals surface area contributed by atoms with Gasteiger partial charge in [-0.1, -0.05) is 0 Å². The van der Waals surface area contributed by atoms with E-state index in [9.17, 15) is 14.7 Å². The van der Waals surface area contributed by atoms with Crippen LogP contribution in [0.5, 0.6) is 0 Å². The van der Waals surface area contributed by atoms with Crippen LogP contribution in [-0.2, 0) is 14.3 Å². The molecule has 6 nitrogen and oxygen atoms in total. The Kier molecular flexibility index (Phi) is 4.34. The Morgan fingerprint density at radius 1 is 1.35 bits per heavy atom. The third kappa shape index (κ3) is 2.67. The molecule has 2 aliphatic heterocycles. The van der Waals surface area contributed by atoms with Gasteiger partial charge in [0.1, 0.15) is 0 Å². The molecule has 114 valence electrons. The lowest BCUT2D eigenvalue weighted by Gasteiger charge is -2.34. The van der Waals surface area contributed by atoms with Gasteiger partial charge in [-0.05, 0) is 33.6 Å². The first kappa shape index (κ1) is 15.3. The van der Waals surface area contributed by atoms with Gasteiger partial charge in [-0.15, -0.1) is 0 Å². The minimum atomic E-state index is -1.25. The molecule has 2 saturated heterocycles. The van der Waals surface area contributed by atoms with E-state index in [0.717, 1.165) is 12.8 Å². The Morgan fingerprint density at radius 2 is 1.95 bits per heavy atom. The standard InChI is InChI=1S/C14H24N2O4/c1-9-4-5-10(2)16(9)11(3)12(17)15-14(13(18)19)6-7-20-8-14/h9-11H,4-8H2,1-3H3,(H,15,17)(H,18,19). The zero-order valence-corrected chi connectivity index (χ0v) is 12.4. The number of nitrogens with one attached hydrogen (secondary N) is 1. The Hall–Kier alpha value is -1.14. The lowest BCUT2D eigenvalue weighted by atomic mass is 9.98. The first-order valence-electron chi connectivity index (χ1n) is 7.28. The van der Waals surface area contributed by atoms with Gasteiger partial charge in [0.25, 0.3) is 0 Å². The van der Waals surface area contributed by atoms with Gasteiger partial charge in [0.2, 0.25) is 5.91 Å². The summed E-state index contributed by atoms with van der Waals surface area (Å²) in [6, 6.07) is 0.386. The molecule has 2 aliphatic rings. The summed E-state index contributed by atoms with van der Waals surface area (Å²) in [6.07, 6.45) is 2.48. The SMILES string of the molecule is CC1CCC(C)N1C(C)C(=O)NC1(C(=O)O)CCOC1. The third-order valence-corrected chi connectivity index (χ3v) is 4.64. The van der Waals surface area contributed by atoms with Gasteiger partial charge < -0.3 is 15.2 Å². The largest absolute Gasteiger partial charge is 0.479 e. The van der Waals surface area contributed by atoms with Crippen LogP contribution in [0, 0.1) is 0 Å². The van der Waals surface area contributed by atoms with E-state index < -0.39 is 11.5 Å². The van der Waals surface area contributed by atoms with Crippen molar-refractivity contribution in [3.05, 3.63) is 0 Å². The van der Waals surface area contributed by atoms with E-state index in [1.54, 1.807) is 0 Å². The maximum atomic E-state index is 12.4. The molecule has 2 N–H and O–H groups in total. The number of carbonyl (C=O) groups is 2. The maximum absolute atomic E-state index is 12.4. The normalized spacial score (nSPS) is 36.0. The molecular weight excluding hydrogens is 260 g/mol. The van der Waals surface area contributed by atoms with E-state index >= 15 is 0 Å². The Balaban J connectivity index is 2.05. The van der Waals surface area contributed by atoms with Crippen molar-refractivity contribution in [1.29, 1.82) is 0 Å². The molecule has 0 aliphatic carbocycles. The first-order valence-corrected chi connectivity index (χ1v) is 7.28. The lowest BCUT2D eigenvalue weighted by molar-refractivity contribution is -0.148. The second kappa shape index (κ2) is 5.69. The van der Waals surface area contributed by atoms with Crippen molar-refractivity contribution >= 4 is 11.9 Å². The van der Waals surface area contributed by atoms with Crippen LogP contribution in [0.3, 0.4) is 0 Å². The lowest BCUT2D eigenvalue weighted by Crippen LogP contribution is -2.60. The highest BCUT2D eigenvalue weighted by Gasteiger charge is 2.45. The summed E-state index contributed by atoms with van der Waals surface area (Å²) in [5.74, 6) is -1.24. The van der Waals surface area contributed by atoms with Gasteiger partial charge in [0, 0.05) is 25.1 Å². The van der Waals surface area contributed by atoms with Gasteiger partial charge >= 0.3 is 5.97 Å². The summed E-state index contributed by atoms with van der Waals surface area (Å²) in [4.78, 5) is 26.0. The number of hydrogen-bond donors (Lipinski definition) is 2. The molecule has 0 aromatic rings. The second-order valence-electron chi connectivity index (χ2n) is 6.08. The second-order valence-corrected chi connectivity index (χ2v) is 6.08. The third-order valence-electron chi connectivity index (χ3n) is 4.64. The number of carbonyl (C=O) groups excluding carboxylic acids is 1. The van der Waals surface area contributed by atoms with E-state index in [-0.39, 0.29) is 18.6 Å². The Labute approximate surface area is 119 Å². The monoisotopic (exact) mass is 284 g/mol. The molecule has 0 aromatic carbocycles. The fraction of sp³-hybridized carbons (Fsp3) is 0.857. The number of aliphatic carboxylic acids is 1. The minimum Gasteiger partial charge on any atom is -0.479 e. The zero-order valence-electron chi connectivity index (χ0n) is 12.4. The summed E-state index contributed by atoms with van der Waals surface area (Å²) in [5.41, 5.74) is -1.25. The quantitative estimate of drug-likeness (QED) is 0.790. The summed E-state index contributed by atoms with van der Waals surface area (Å²) in [6.45, 7) is 6.49. The predicted molar refractivity (Wildman–Crippen MR) is 73.4 cm³/mol. The van der Waals surface area contributed by atoms with Crippen molar-refractivity contribution in [2.45, 2.75) is 63.7 Å². The average molecular weight is 284 g/mol. The van der Waals surface area contributed by atoms with Crippen LogP contribution in [0.2, 0.25) is 0 Å². The maximum Gasteiger partial charge on any atom is 0.331 e. The van der Waals surface area contributed by atoms with E-state index in [4.69, 9.17) is 4.74 Å². The van der Waals surface area contributed by atoms with E-state index in [1.165, 1.54) is 0 Å². The summed E-state index contributed by atoms with van der Waals surface area (Å²) >= 11 is 0. The van der Waals surface area contributed by atoms with Crippen molar-refractivity contribution in [3.8, 4) is 0 Å². The average Bonchev–Trinajstić information content (AvgIpc) is 2.97. The zero-order chi connectivity index (χ0) is 14.9. The number of carboxylic acids is 1. The molecule has 4 atom stereocenters. The van der Waals surface area contributed by atoms with Crippen molar-refractivity contribution in [2.24, 2.45) is 0 Å². The highest BCUT2D eigenvalue weighted by Crippen LogP contribution is 2.27. The summed E-state index contributed by atoms with van der Waals surface area (Å²) in [5, 5.41) is 12.1. The van der Waals surface area contributed by atoms with Crippen LogP contribution in [0.4, 0.5) is 0 Å². The van der Waals surface area contributed by atoms with Gasteiger partial charge in [-0.25, -0.2) is 4.79 Å². The first-order chi connectivity index (χ1) is 9.37. The van der Waals surface area contributed by atoms with E-state index in [0.29, 0.717) is 25.1 Å². The number of hydrogen-bond acceptors (Lipinski definition) is 4. The number of amides is 1. The van der Waals surface area contributed by atoms with Crippen LogP contribution in [0.25, 0.3) is 0 Å². The number of rotatable bonds is 4. The van der Waals surface area contributed by atoms with Crippen LogP contribution < -0.4 is 5.32 Å². The minimum absolute atomic E-state index is 0.0475. The molecule has 6 heteroatoms. The summed E-state index contributed by atoms with van der Waals surface area (Å²) < 4.78 is 5.16. The molecule has 0 aromatic heterocycles. The van der Waals surface area contributed by atoms with E-state index in [1.807, 2.05) is 6.92 Å². The molecule has 2 rings (SSSR count). The Bertz CT molecular complexity index is 383. The molecule has 0 bridgehead atoms. The number of likely N-dealkylation sites (tertiary alicyclic amines) is 1. The van der Waals surface area contributed by atoms with Crippen LogP contribution in [-0.4, -0.2) is 58.8 Å². The van der Waals surface area contributed by atoms with Crippen LogP contribution in [0.15, 0.2) is 0 Å². The number of ether oxygens (including phenoxy) is 1. The van der Waals surface area contributed by atoms with Gasteiger partial charge in [-0.3, -0.25) is 9.69 Å². The molecule has 0 spiro atoms. The predicted octanol–water partition coefficient (Wildman–Crippen LogP) is 0.608. The number of carboxylic acid groups (broad SMARTS) is 1. The molecule has 2 fully saturated rings. The van der Waals surface area contributed by atoms with Crippen molar-refractivity contribution < 1.29 is 19.4 Å². The molecular formula is C14H24N2O4. The molecule has 2 heterocycles. The van der Waals surface area contributed by atoms with Gasteiger partial charge in [0.15, 0.2) is 5.54 Å². The molecule has 0 saturated carbocycles. The molecule has 20 heavy (non-hydrogen) atoms. The highest BCUT2D eigenvalue weighted by molar-refractivity contribution is 5.89. The smallest absolute Gasteiger partial charge is 0.331 e. The van der Waals surface area contributed by atoms with Crippen molar-refractivity contribution in [2.75, 3.05) is 13.2 Å². The molecule has 0 radical (unpaired) electrons. The Morgan fingerprint density at radius 3 is 2.40 bits per heavy atom. The van der Waals surface area contributed by atoms with Crippen molar-refractivity contribution in [3.63, 3.8) is 0 Å². The highest BCUT2D eigenvalue weighted by atomic mass is 16.5. The van der Waals surface area contributed by atoms with Crippen LogP contribution >= 0.6 is 0 Å². The van der Waals surface area contributed by atoms with E-state index in [2.05, 4.69) is 24.1 Å². The van der Waals surface area contributed by atoms with Gasteiger partial charge in [0.05, 0.1) is 12.6 Å². The van der Waals surface area contributed by atoms with Crippen molar-refractivity contribution in [1.82, 2.24) is 10.2 Å².